The number of likely N-dealkylation sites (tertiary alicyclic amines) is 1. The molecule has 0 spiro atoms. The standard InChI is InChI=1S/C22H26N2O5/c1-22(2,3)29-21(27)24-13-18(19(25)14-24)23-20(26)15-9-11-17(12-10-15)28-16-7-5-4-6-8-16/h4-12,18-19,25H,13-14H2,1-3H3,(H,23,26)/t18-,19-/m1/s1. The number of carbonyl (C=O) groups excluding carboxylic acids is 2. The fourth-order valence-electron chi connectivity index (χ4n) is 2.95. The third kappa shape index (κ3) is 5.71. The summed E-state index contributed by atoms with van der Waals surface area (Å²) in [5.41, 5.74) is -0.180. The third-order valence-electron chi connectivity index (χ3n) is 4.35. The van der Waals surface area contributed by atoms with Crippen LogP contribution in [0.3, 0.4) is 0 Å². The number of aliphatic hydroxyl groups excluding tert-OH is 1. The zero-order valence-corrected chi connectivity index (χ0v) is 16.8. The van der Waals surface area contributed by atoms with E-state index in [1.807, 2.05) is 30.3 Å². The van der Waals surface area contributed by atoms with Crippen LogP contribution in [0, 0.1) is 0 Å². The average Bonchev–Trinajstić information content (AvgIpc) is 3.02. The van der Waals surface area contributed by atoms with E-state index in [0.29, 0.717) is 17.1 Å². The summed E-state index contributed by atoms with van der Waals surface area (Å²) in [5, 5.41) is 13.0. The number of hydrogen-bond donors (Lipinski definition) is 2. The quantitative estimate of drug-likeness (QED) is 0.826. The van der Waals surface area contributed by atoms with Gasteiger partial charge in [-0.15, -0.1) is 0 Å². The van der Waals surface area contributed by atoms with Crippen molar-refractivity contribution in [2.45, 2.75) is 38.5 Å². The maximum absolute atomic E-state index is 12.5. The number of nitrogens with zero attached hydrogens (tertiary/aromatic N) is 1. The largest absolute Gasteiger partial charge is 0.457 e. The van der Waals surface area contributed by atoms with Gasteiger partial charge in [0.15, 0.2) is 0 Å². The van der Waals surface area contributed by atoms with Gasteiger partial charge in [0.05, 0.1) is 18.7 Å². The van der Waals surface area contributed by atoms with Gasteiger partial charge in [-0.2, -0.15) is 0 Å². The number of rotatable bonds is 4. The first-order valence-corrected chi connectivity index (χ1v) is 9.51. The highest BCUT2D eigenvalue weighted by Crippen LogP contribution is 2.21. The number of ether oxygens (including phenoxy) is 2. The SMILES string of the molecule is CC(C)(C)OC(=O)N1C[C@@H](O)[C@H](NC(=O)c2ccc(Oc3ccccc3)cc2)C1. The number of para-hydroxylation sites is 1. The predicted molar refractivity (Wildman–Crippen MR) is 108 cm³/mol. The van der Waals surface area contributed by atoms with Crippen LogP contribution in [0.1, 0.15) is 31.1 Å². The summed E-state index contributed by atoms with van der Waals surface area (Å²) in [6.45, 7) is 5.65. The summed E-state index contributed by atoms with van der Waals surface area (Å²) < 4.78 is 11.0. The Morgan fingerprint density at radius 3 is 2.24 bits per heavy atom. The van der Waals surface area contributed by atoms with Gasteiger partial charge in [0.25, 0.3) is 5.91 Å². The van der Waals surface area contributed by atoms with Crippen LogP contribution < -0.4 is 10.1 Å². The molecule has 0 radical (unpaired) electrons. The first kappa shape index (κ1) is 20.7. The Morgan fingerprint density at radius 1 is 1.00 bits per heavy atom. The minimum atomic E-state index is -0.854. The zero-order valence-electron chi connectivity index (χ0n) is 16.8. The number of amides is 2. The second-order valence-electron chi connectivity index (χ2n) is 7.97. The van der Waals surface area contributed by atoms with Gasteiger partial charge in [0, 0.05) is 12.1 Å². The Kier molecular flexibility index (Phi) is 6.08. The first-order chi connectivity index (χ1) is 13.7. The van der Waals surface area contributed by atoms with Crippen molar-refractivity contribution < 1.29 is 24.2 Å². The maximum Gasteiger partial charge on any atom is 0.410 e. The fraction of sp³-hybridized carbons (Fsp3) is 0.364. The molecule has 7 nitrogen and oxygen atoms in total. The highest BCUT2D eigenvalue weighted by Gasteiger charge is 2.37. The van der Waals surface area contributed by atoms with Crippen LogP contribution in [0.5, 0.6) is 11.5 Å². The predicted octanol–water partition coefficient (Wildman–Crippen LogP) is 3.19. The van der Waals surface area contributed by atoms with Crippen LogP contribution in [0.15, 0.2) is 54.6 Å². The van der Waals surface area contributed by atoms with Crippen LogP contribution >= 0.6 is 0 Å². The van der Waals surface area contributed by atoms with Crippen LogP contribution in [0.2, 0.25) is 0 Å². The molecule has 154 valence electrons. The molecule has 3 rings (SSSR count). The Balaban J connectivity index is 1.56. The summed E-state index contributed by atoms with van der Waals surface area (Å²) in [6, 6.07) is 15.5. The Hall–Kier alpha value is -3.06. The van der Waals surface area contributed by atoms with E-state index in [1.165, 1.54) is 4.90 Å². The molecule has 2 amide bonds. The lowest BCUT2D eigenvalue weighted by molar-refractivity contribution is 0.0269. The molecule has 1 aliphatic rings. The molecule has 29 heavy (non-hydrogen) atoms. The summed E-state index contributed by atoms with van der Waals surface area (Å²) in [4.78, 5) is 26.1. The monoisotopic (exact) mass is 398 g/mol. The summed E-state index contributed by atoms with van der Waals surface area (Å²) in [5.74, 6) is 0.997. The van der Waals surface area contributed by atoms with Crippen LogP contribution in [-0.2, 0) is 4.74 Å². The summed E-state index contributed by atoms with van der Waals surface area (Å²) in [6.07, 6.45) is -1.36. The lowest BCUT2D eigenvalue weighted by atomic mass is 10.1. The number of aliphatic hydroxyl groups is 1. The van der Waals surface area contributed by atoms with E-state index >= 15 is 0 Å². The summed E-state index contributed by atoms with van der Waals surface area (Å²) >= 11 is 0. The van der Waals surface area contributed by atoms with Gasteiger partial charge in [-0.05, 0) is 57.2 Å². The van der Waals surface area contributed by atoms with Crippen molar-refractivity contribution in [1.29, 1.82) is 0 Å². The van der Waals surface area contributed by atoms with Crippen molar-refractivity contribution in [3.63, 3.8) is 0 Å². The Labute approximate surface area is 170 Å². The first-order valence-electron chi connectivity index (χ1n) is 9.51. The van der Waals surface area contributed by atoms with Crippen molar-refractivity contribution in [3.05, 3.63) is 60.2 Å². The highest BCUT2D eigenvalue weighted by molar-refractivity contribution is 5.94. The van der Waals surface area contributed by atoms with Gasteiger partial charge >= 0.3 is 6.09 Å². The number of carbonyl (C=O) groups is 2. The van der Waals surface area contributed by atoms with Crippen molar-refractivity contribution in [2.24, 2.45) is 0 Å². The molecule has 2 N–H and O–H groups in total. The van der Waals surface area contributed by atoms with Crippen molar-refractivity contribution in [1.82, 2.24) is 10.2 Å². The van der Waals surface area contributed by atoms with Gasteiger partial charge < -0.3 is 24.8 Å². The van der Waals surface area contributed by atoms with E-state index in [0.717, 1.165) is 0 Å². The summed E-state index contributed by atoms with van der Waals surface area (Å²) in [7, 11) is 0. The van der Waals surface area contributed by atoms with Gasteiger partial charge in [-0.25, -0.2) is 4.79 Å². The molecule has 0 unspecified atom stereocenters. The molecule has 0 saturated carbocycles. The minimum Gasteiger partial charge on any atom is -0.457 e. The van der Waals surface area contributed by atoms with Crippen LogP contribution in [-0.4, -0.2) is 52.8 Å². The second kappa shape index (κ2) is 8.53. The van der Waals surface area contributed by atoms with E-state index in [1.54, 1.807) is 45.0 Å². The van der Waals surface area contributed by atoms with Crippen LogP contribution in [0.4, 0.5) is 4.79 Å². The van der Waals surface area contributed by atoms with Gasteiger partial charge in [0.2, 0.25) is 0 Å². The van der Waals surface area contributed by atoms with Gasteiger partial charge in [-0.1, -0.05) is 18.2 Å². The average molecular weight is 398 g/mol. The lowest BCUT2D eigenvalue weighted by Gasteiger charge is -2.24. The molecule has 1 fully saturated rings. The topological polar surface area (TPSA) is 88.1 Å². The fourth-order valence-corrected chi connectivity index (χ4v) is 2.95. The van der Waals surface area contributed by atoms with Crippen molar-refractivity contribution in [2.75, 3.05) is 13.1 Å². The molecule has 0 bridgehead atoms. The molecule has 7 heteroatoms. The zero-order chi connectivity index (χ0) is 21.0. The van der Waals surface area contributed by atoms with E-state index in [2.05, 4.69) is 5.32 Å². The molecule has 2 aromatic carbocycles. The van der Waals surface area contributed by atoms with E-state index in [4.69, 9.17) is 9.47 Å². The number of nitrogens with one attached hydrogen (secondary N) is 1. The third-order valence-corrected chi connectivity index (χ3v) is 4.35. The minimum absolute atomic E-state index is 0.115. The van der Waals surface area contributed by atoms with E-state index in [9.17, 15) is 14.7 Å². The lowest BCUT2D eigenvalue weighted by Crippen LogP contribution is -2.43. The molecule has 1 saturated heterocycles. The van der Waals surface area contributed by atoms with Crippen molar-refractivity contribution in [3.8, 4) is 11.5 Å². The number of benzene rings is 2. The van der Waals surface area contributed by atoms with Gasteiger partial charge in [-0.3, -0.25) is 4.79 Å². The molecule has 2 aromatic rings. The maximum atomic E-state index is 12.5. The van der Waals surface area contributed by atoms with Gasteiger partial charge in [0.1, 0.15) is 17.1 Å². The second-order valence-corrected chi connectivity index (χ2v) is 7.97. The molecule has 0 aromatic heterocycles. The molecule has 2 atom stereocenters. The van der Waals surface area contributed by atoms with E-state index < -0.39 is 23.8 Å². The molecule has 1 aliphatic heterocycles. The Bertz CT molecular complexity index is 846. The Morgan fingerprint density at radius 2 is 1.62 bits per heavy atom. The number of hydrogen-bond acceptors (Lipinski definition) is 5. The molecule has 1 heterocycles. The molecular formula is C22H26N2O5. The smallest absolute Gasteiger partial charge is 0.410 e. The molecular weight excluding hydrogens is 372 g/mol. The van der Waals surface area contributed by atoms with Crippen molar-refractivity contribution >= 4 is 12.0 Å². The molecule has 0 aliphatic carbocycles. The normalized spacial score (nSPS) is 19.0. The number of β-amino-alcohol motifs (C(OH)–C–C–N with tert-alkyl or cyclic N) is 1. The van der Waals surface area contributed by atoms with Crippen LogP contribution in [0.25, 0.3) is 0 Å². The van der Waals surface area contributed by atoms with E-state index in [-0.39, 0.29) is 19.0 Å². The highest BCUT2D eigenvalue weighted by atomic mass is 16.6.